The molecule has 62 valence electrons. The van der Waals surface area contributed by atoms with Gasteiger partial charge in [0.2, 0.25) is 0 Å². The molecule has 12 heavy (non-hydrogen) atoms. The number of fused-ring (bicyclic) bond motifs is 1. The number of aryl methyl sites for hydroxylation is 1. The van der Waals surface area contributed by atoms with E-state index in [0.29, 0.717) is 5.69 Å². The molecular weight excluding hydrogens is 172 g/mol. The molecule has 0 bridgehead atoms. The average molecular weight is 180 g/mol. The van der Waals surface area contributed by atoms with Crippen LogP contribution >= 0.6 is 11.3 Å². The molecule has 4 heteroatoms. The number of carbonyl (C=O) groups is 1. The number of aromatic nitrogens is 2. The van der Waals surface area contributed by atoms with Gasteiger partial charge in [-0.1, -0.05) is 6.92 Å². The zero-order valence-electron chi connectivity index (χ0n) is 6.65. The van der Waals surface area contributed by atoms with Crippen molar-refractivity contribution in [3.05, 3.63) is 23.0 Å². The van der Waals surface area contributed by atoms with Crippen LogP contribution in [0.25, 0.3) is 4.96 Å². The third-order valence-electron chi connectivity index (χ3n) is 1.76. The van der Waals surface area contributed by atoms with Crippen LogP contribution in [0.3, 0.4) is 0 Å². The van der Waals surface area contributed by atoms with Gasteiger partial charge in [-0.3, -0.25) is 9.20 Å². The van der Waals surface area contributed by atoms with Crippen LogP contribution in [0.1, 0.15) is 22.3 Å². The van der Waals surface area contributed by atoms with Crippen LogP contribution in [0.15, 0.2) is 12.4 Å². The monoisotopic (exact) mass is 180 g/mol. The molecule has 0 aliphatic heterocycles. The number of hydrogen-bond acceptors (Lipinski definition) is 3. The van der Waals surface area contributed by atoms with E-state index in [1.807, 2.05) is 10.6 Å². The van der Waals surface area contributed by atoms with Crippen molar-refractivity contribution >= 4 is 22.6 Å². The number of rotatable bonds is 2. The number of aldehydes is 1. The van der Waals surface area contributed by atoms with Crippen molar-refractivity contribution in [2.45, 2.75) is 13.3 Å². The van der Waals surface area contributed by atoms with Crippen LogP contribution in [-0.2, 0) is 6.42 Å². The lowest BCUT2D eigenvalue weighted by molar-refractivity contribution is 0.111. The highest BCUT2D eigenvalue weighted by Gasteiger charge is 2.05. The smallest absolute Gasteiger partial charge is 0.194 e. The first kappa shape index (κ1) is 7.49. The number of imidazole rings is 1. The summed E-state index contributed by atoms with van der Waals surface area (Å²) >= 11 is 1.63. The minimum Gasteiger partial charge on any atom is -0.296 e. The first-order valence-corrected chi connectivity index (χ1v) is 4.57. The molecule has 0 N–H and O–H groups in total. The highest BCUT2D eigenvalue weighted by molar-refractivity contribution is 7.17. The van der Waals surface area contributed by atoms with E-state index in [9.17, 15) is 4.79 Å². The Bertz CT molecular complexity index is 416. The second-order valence-corrected chi connectivity index (χ2v) is 3.60. The van der Waals surface area contributed by atoms with Crippen molar-refractivity contribution in [1.29, 1.82) is 0 Å². The van der Waals surface area contributed by atoms with Crippen molar-refractivity contribution in [3.8, 4) is 0 Å². The number of carbonyl (C=O) groups excluding carboxylic acids is 1. The van der Waals surface area contributed by atoms with Gasteiger partial charge < -0.3 is 0 Å². The van der Waals surface area contributed by atoms with Gasteiger partial charge in [-0.2, -0.15) is 0 Å². The average Bonchev–Trinajstić information content (AvgIpc) is 2.61. The van der Waals surface area contributed by atoms with Gasteiger partial charge in [-0.05, 0) is 6.42 Å². The van der Waals surface area contributed by atoms with Gasteiger partial charge in [0.05, 0.1) is 6.20 Å². The molecule has 0 aromatic carbocycles. The van der Waals surface area contributed by atoms with Gasteiger partial charge >= 0.3 is 0 Å². The van der Waals surface area contributed by atoms with Crippen molar-refractivity contribution in [2.75, 3.05) is 0 Å². The molecule has 3 nitrogen and oxygen atoms in total. The van der Waals surface area contributed by atoms with Crippen molar-refractivity contribution in [2.24, 2.45) is 0 Å². The Morgan fingerprint density at radius 1 is 1.75 bits per heavy atom. The Balaban J connectivity index is 2.68. The third-order valence-corrected chi connectivity index (χ3v) is 2.90. The summed E-state index contributed by atoms with van der Waals surface area (Å²) in [5, 5.41) is 0. The van der Waals surface area contributed by atoms with E-state index in [1.54, 1.807) is 17.5 Å². The maximum atomic E-state index is 10.5. The highest BCUT2D eigenvalue weighted by Crippen LogP contribution is 2.18. The van der Waals surface area contributed by atoms with Crippen LogP contribution in [0, 0.1) is 0 Å². The number of hydrogen-bond donors (Lipinski definition) is 0. The molecule has 0 fully saturated rings. The first-order valence-electron chi connectivity index (χ1n) is 3.76. The number of thiazole rings is 1. The van der Waals surface area contributed by atoms with E-state index in [2.05, 4.69) is 11.9 Å². The lowest BCUT2D eigenvalue weighted by Crippen LogP contribution is -1.84. The second kappa shape index (κ2) is 2.71. The van der Waals surface area contributed by atoms with Crippen molar-refractivity contribution < 1.29 is 4.79 Å². The minimum absolute atomic E-state index is 0.626. The predicted molar refractivity (Wildman–Crippen MR) is 47.8 cm³/mol. The normalized spacial score (nSPS) is 10.8. The third kappa shape index (κ3) is 0.956. The predicted octanol–water partition coefficient (Wildman–Crippen LogP) is 1.77. The van der Waals surface area contributed by atoms with E-state index >= 15 is 0 Å². The molecule has 0 amide bonds. The summed E-state index contributed by atoms with van der Waals surface area (Å²) in [5.41, 5.74) is 0.626. The van der Waals surface area contributed by atoms with Crippen LogP contribution in [0.4, 0.5) is 0 Å². The van der Waals surface area contributed by atoms with Crippen LogP contribution in [0.2, 0.25) is 0 Å². The van der Waals surface area contributed by atoms with Crippen molar-refractivity contribution in [3.63, 3.8) is 0 Å². The van der Waals surface area contributed by atoms with Gasteiger partial charge in [-0.25, -0.2) is 4.98 Å². The van der Waals surface area contributed by atoms with Crippen LogP contribution < -0.4 is 0 Å². The molecule has 2 rings (SSSR count). The standard InChI is InChI=1S/C8H8N2OS/c1-2-7-4-10-6(5-11)3-9-8(10)12-7/h3-5H,2H2,1H3. The lowest BCUT2D eigenvalue weighted by atomic mass is 10.4. The fourth-order valence-electron chi connectivity index (χ4n) is 1.10. The zero-order valence-corrected chi connectivity index (χ0v) is 7.47. The van der Waals surface area contributed by atoms with E-state index in [0.717, 1.165) is 17.7 Å². The SMILES string of the molecule is CCc1cn2c(C=O)cnc2s1. The summed E-state index contributed by atoms with van der Waals surface area (Å²) in [6.07, 6.45) is 5.38. The topological polar surface area (TPSA) is 34.4 Å². The largest absolute Gasteiger partial charge is 0.296 e. The minimum atomic E-state index is 0.626. The Kier molecular flexibility index (Phi) is 1.69. The molecule has 0 saturated heterocycles. The van der Waals surface area contributed by atoms with Gasteiger partial charge in [0.15, 0.2) is 11.2 Å². The summed E-state index contributed by atoms with van der Waals surface area (Å²) in [4.78, 5) is 16.8. The van der Waals surface area contributed by atoms with Crippen molar-refractivity contribution in [1.82, 2.24) is 9.38 Å². The van der Waals surface area contributed by atoms with Crippen LogP contribution in [-0.4, -0.2) is 15.7 Å². The summed E-state index contributed by atoms with van der Waals surface area (Å²) in [7, 11) is 0. The fourth-order valence-corrected chi connectivity index (χ4v) is 2.00. The molecule has 0 unspecified atom stereocenters. The lowest BCUT2D eigenvalue weighted by Gasteiger charge is -1.84. The Hall–Kier alpha value is -1.16. The molecule has 2 aromatic rings. The Morgan fingerprint density at radius 3 is 3.25 bits per heavy atom. The molecule has 0 atom stereocenters. The Morgan fingerprint density at radius 2 is 2.58 bits per heavy atom. The molecule has 0 spiro atoms. The summed E-state index contributed by atoms with van der Waals surface area (Å²) in [5.74, 6) is 0. The molecule has 0 radical (unpaired) electrons. The van der Waals surface area contributed by atoms with Gasteiger partial charge in [0.1, 0.15) is 5.69 Å². The maximum absolute atomic E-state index is 10.5. The molecule has 2 aromatic heterocycles. The zero-order chi connectivity index (χ0) is 8.55. The molecule has 2 heterocycles. The number of nitrogens with zero attached hydrogens (tertiary/aromatic N) is 2. The van der Waals surface area contributed by atoms with E-state index in [1.165, 1.54) is 4.88 Å². The quantitative estimate of drug-likeness (QED) is 0.660. The fraction of sp³-hybridized carbons (Fsp3) is 0.250. The molecule has 0 saturated carbocycles. The van der Waals surface area contributed by atoms with Gasteiger partial charge in [-0.15, -0.1) is 11.3 Å². The summed E-state index contributed by atoms with van der Waals surface area (Å²) in [6, 6.07) is 0. The molecular formula is C8H8N2OS. The van der Waals surface area contributed by atoms with E-state index < -0.39 is 0 Å². The van der Waals surface area contributed by atoms with Crippen LogP contribution in [0.5, 0.6) is 0 Å². The summed E-state index contributed by atoms with van der Waals surface area (Å²) < 4.78 is 1.83. The highest BCUT2D eigenvalue weighted by atomic mass is 32.1. The van der Waals surface area contributed by atoms with E-state index in [-0.39, 0.29) is 0 Å². The van der Waals surface area contributed by atoms with Gasteiger partial charge in [0, 0.05) is 11.1 Å². The molecule has 0 aliphatic rings. The Labute approximate surface area is 73.7 Å². The van der Waals surface area contributed by atoms with E-state index in [4.69, 9.17) is 0 Å². The molecule has 0 aliphatic carbocycles. The first-order chi connectivity index (χ1) is 5.85. The maximum Gasteiger partial charge on any atom is 0.194 e. The summed E-state index contributed by atoms with van der Waals surface area (Å²) in [6.45, 7) is 2.09. The second-order valence-electron chi connectivity index (χ2n) is 2.50. The van der Waals surface area contributed by atoms with Gasteiger partial charge in [0.25, 0.3) is 0 Å².